The predicted octanol–water partition coefficient (Wildman–Crippen LogP) is 4.29. The molecule has 0 spiro atoms. The number of alkyl halides is 3. The van der Waals surface area contributed by atoms with Gasteiger partial charge in [0.15, 0.2) is 11.5 Å². The lowest BCUT2D eigenvalue weighted by atomic mass is 10.0. The van der Waals surface area contributed by atoms with Crippen LogP contribution in [0.4, 0.5) is 18.9 Å². The number of halogens is 4. The Balaban J connectivity index is 2.11. The molecule has 0 aliphatic carbocycles. The second-order valence-corrected chi connectivity index (χ2v) is 6.54. The summed E-state index contributed by atoms with van der Waals surface area (Å²) >= 11 is 3.27. The van der Waals surface area contributed by atoms with Crippen molar-refractivity contribution in [1.82, 2.24) is 4.90 Å². The molecule has 5 nitrogen and oxygen atoms in total. The number of nitrogens with one attached hydrogen (secondary N) is 1. The second kappa shape index (κ2) is 6.71. The number of carbonyl (C=O) groups is 1. The largest absolute Gasteiger partial charge is 0.504 e. The van der Waals surface area contributed by atoms with Crippen molar-refractivity contribution in [3.8, 4) is 11.5 Å². The molecule has 1 amide bonds. The number of fused-ring (bicyclic) bond motifs is 1. The molecule has 0 bridgehead atoms. The fourth-order valence-corrected chi connectivity index (χ4v) is 3.37. The number of aromatic hydroxyl groups is 1. The number of benzene rings is 2. The Morgan fingerprint density at radius 2 is 2.00 bits per heavy atom. The van der Waals surface area contributed by atoms with E-state index in [4.69, 9.17) is 4.74 Å². The van der Waals surface area contributed by atoms with Crippen LogP contribution < -0.4 is 10.1 Å². The number of phenolic OH excluding ortho intramolecular Hbond substituents is 1. The molecule has 1 heterocycles. The molecule has 9 heteroatoms. The number of ether oxygens (including phenoxy) is 1. The van der Waals surface area contributed by atoms with Crippen LogP contribution in [0.2, 0.25) is 0 Å². The lowest BCUT2D eigenvalue weighted by molar-refractivity contribution is -0.144. The lowest BCUT2D eigenvalue weighted by Crippen LogP contribution is -2.47. The Kier molecular flexibility index (Phi) is 4.74. The van der Waals surface area contributed by atoms with Gasteiger partial charge in [-0.05, 0) is 24.3 Å². The summed E-state index contributed by atoms with van der Waals surface area (Å²) in [4.78, 5) is 13.4. The van der Waals surface area contributed by atoms with E-state index in [9.17, 15) is 23.1 Å². The van der Waals surface area contributed by atoms with E-state index >= 15 is 0 Å². The summed E-state index contributed by atoms with van der Waals surface area (Å²) in [6.45, 7) is -1.43. The molecule has 26 heavy (non-hydrogen) atoms. The molecule has 0 aromatic heterocycles. The number of rotatable bonds is 3. The predicted molar refractivity (Wildman–Crippen MR) is 92.3 cm³/mol. The molecular weight excluding hydrogens is 417 g/mol. The molecule has 1 atom stereocenters. The minimum Gasteiger partial charge on any atom is -0.504 e. The maximum atomic E-state index is 13.1. The van der Waals surface area contributed by atoms with E-state index in [1.165, 1.54) is 25.3 Å². The molecule has 138 valence electrons. The maximum absolute atomic E-state index is 13.1. The zero-order valence-electron chi connectivity index (χ0n) is 13.5. The van der Waals surface area contributed by atoms with Gasteiger partial charge in [-0.25, -0.2) is 0 Å². The van der Waals surface area contributed by atoms with Crippen molar-refractivity contribution in [2.45, 2.75) is 12.3 Å². The standard InChI is InChI=1S/C17H14BrF3N2O3/c1-26-14-7-11(18)10(6-13(14)24)15-22-12-5-3-2-4-9(12)16(25)23(15)8-17(19,20)21/h2-7,15,22,24H,8H2,1H3/t15-/m0/s1. The smallest absolute Gasteiger partial charge is 0.406 e. The summed E-state index contributed by atoms with van der Waals surface area (Å²) in [6.07, 6.45) is -5.70. The first-order chi connectivity index (χ1) is 12.2. The van der Waals surface area contributed by atoms with Gasteiger partial charge in [-0.2, -0.15) is 13.2 Å². The second-order valence-electron chi connectivity index (χ2n) is 5.69. The number of nitrogens with zero attached hydrogens (tertiary/aromatic N) is 1. The molecule has 0 saturated carbocycles. The molecule has 2 aromatic rings. The highest BCUT2D eigenvalue weighted by Gasteiger charge is 2.41. The summed E-state index contributed by atoms with van der Waals surface area (Å²) in [5.74, 6) is -0.833. The Bertz CT molecular complexity index is 858. The molecule has 3 rings (SSSR count). The van der Waals surface area contributed by atoms with Crippen molar-refractivity contribution in [3.05, 3.63) is 52.0 Å². The van der Waals surface area contributed by atoms with E-state index in [1.807, 2.05) is 0 Å². The fourth-order valence-electron chi connectivity index (χ4n) is 2.83. The van der Waals surface area contributed by atoms with Crippen LogP contribution in [0.3, 0.4) is 0 Å². The number of amides is 1. The lowest BCUT2D eigenvalue weighted by Gasteiger charge is -2.38. The highest BCUT2D eigenvalue weighted by molar-refractivity contribution is 9.10. The van der Waals surface area contributed by atoms with Crippen LogP contribution in [0.5, 0.6) is 11.5 Å². The topological polar surface area (TPSA) is 61.8 Å². The summed E-state index contributed by atoms with van der Waals surface area (Å²) in [6, 6.07) is 9.04. The molecule has 1 aliphatic heterocycles. The number of hydrogen-bond donors (Lipinski definition) is 2. The number of anilines is 1. The van der Waals surface area contributed by atoms with Crippen LogP contribution in [0.1, 0.15) is 22.1 Å². The molecule has 2 N–H and O–H groups in total. The third-order valence-corrected chi connectivity index (χ3v) is 4.65. The van der Waals surface area contributed by atoms with Gasteiger partial charge in [0.1, 0.15) is 12.7 Å². The zero-order chi connectivity index (χ0) is 19.1. The number of carbonyl (C=O) groups excluding carboxylic acids is 1. The van der Waals surface area contributed by atoms with Crippen LogP contribution in [0.25, 0.3) is 0 Å². The first-order valence-corrected chi connectivity index (χ1v) is 8.30. The van der Waals surface area contributed by atoms with E-state index in [0.29, 0.717) is 15.1 Å². The van der Waals surface area contributed by atoms with Gasteiger partial charge in [0.2, 0.25) is 0 Å². The molecule has 0 radical (unpaired) electrons. The summed E-state index contributed by atoms with van der Waals surface area (Å²) in [5.41, 5.74) is 0.848. The fraction of sp³-hybridized carbons (Fsp3) is 0.235. The van der Waals surface area contributed by atoms with Gasteiger partial charge in [-0.3, -0.25) is 4.79 Å². The van der Waals surface area contributed by atoms with Crippen LogP contribution in [0.15, 0.2) is 40.9 Å². The summed E-state index contributed by atoms with van der Waals surface area (Å²) < 4.78 is 44.6. The average Bonchev–Trinajstić information content (AvgIpc) is 2.58. The first-order valence-electron chi connectivity index (χ1n) is 7.51. The summed E-state index contributed by atoms with van der Waals surface area (Å²) in [7, 11) is 1.36. The van der Waals surface area contributed by atoms with Crippen molar-refractivity contribution in [3.63, 3.8) is 0 Å². The maximum Gasteiger partial charge on any atom is 0.406 e. The van der Waals surface area contributed by atoms with E-state index in [2.05, 4.69) is 21.2 Å². The van der Waals surface area contributed by atoms with Crippen molar-refractivity contribution in [2.75, 3.05) is 19.0 Å². The number of phenols is 1. The van der Waals surface area contributed by atoms with E-state index in [1.54, 1.807) is 18.2 Å². The van der Waals surface area contributed by atoms with Crippen LogP contribution in [-0.4, -0.2) is 35.7 Å². The Morgan fingerprint density at radius 3 is 2.65 bits per heavy atom. The first kappa shape index (κ1) is 18.4. The van der Waals surface area contributed by atoms with E-state index in [-0.39, 0.29) is 22.6 Å². The molecule has 0 saturated heterocycles. The SMILES string of the molecule is COc1cc(Br)c([C@H]2Nc3ccccc3C(=O)N2CC(F)(F)F)cc1O. The third kappa shape index (κ3) is 3.44. The molecule has 2 aromatic carbocycles. The molecular formula is C17H14BrF3N2O3. The Morgan fingerprint density at radius 1 is 1.31 bits per heavy atom. The van der Waals surface area contributed by atoms with Gasteiger partial charge in [-0.15, -0.1) is 0 Å². The van der Waals surface area contributed by atoms with Gasteiger partial charge in [0.05, 0.1) is 12.7 Å². The Labute approximate surface area is 155 Å². The highest BCUT2D eigenvalue weighted by Crippen LogP contribution is 2.41. The van der Waals surface area contributed by atoms with Crippen LogP contribution in [0, 0.1) is 0 Å². The van der Waals surface area contributed by atoms with Gasteiger partial charge in [0.25, 0.3) is 5.91 Å². The molecule has 0 fully saturated rings. The minimum atomic E-state index is -4.58. The summed E-state index contributed by atoms with van der Waals surface area (Å²) in [5, 5.41) is 13.0. The molecule has 0 unspecified atom stereocenters. The van der Waals surface area contributed by atoms with Gasteiger partial charge in [-0.1, -0.05) is 28.1 Å². The van der Waals surface area contributed by atoms with Crippen LogP contribution in [-0.2, 0) is 0 Å². The van der Waals surface area contributed by atoms with Crippen molar-refractivity contribution < 1.29 is 27.8 Å². The van der Waals surface area contributed by atoms with Crippen molar-refractivity contribution >= 4 is 27.5 Å². The highest BCUT2D eigenvalue weighted by atomic mass is 79.9. The van der Waals surface area contributed by atoms with Crippen molar-refractivity contribution in [2.24, 2.45) is 0 Å². The normalized spacial score (nSPS) is 16.9. The number of hydrogen-bond acceptors (Lipinski definition) is 4. The average molecular weight is 431 g/mol. The van der Waals surface area contributed by atoms with E-state index in [0.717, 1.165) is 0 Å². The van der Waals surface area contributed by atoms with E-state index < -0.39 is 24.8 Å². The zero-order valence-corrected chi connectivity index (χ0v) is 15.1. The van der Waals surface area contributed by atoms with Crippen LogP contribution >= 0.6 is 15.9 Å². The molecule has 1 aliphatic rings. The monoisotopic (exact) mass is 430 g/mol. The number of para-hydroxylation sites is 1. The quantitative estimate of drug-likeness (QED) is 0.762. The Hall–Kier alpha value is -2.42. The minimum absolute atomic E-state index is 0.154. The van der Waals surface area contributed by atoms with Crippen molar-refractivity contribution in [1.29, 1.82) is 0 Å². The van der Waals surface area contributed by atoms with Gasteiger partial charge < -0.3 is 20.1 Å². The third-order valence-electron chi connectivity index (χ3n) is 3.96. The van der Waals surface area contributed by atoms with Gasteiger partial charge >= 0.3 is 6.18 Å². The number of methoxy groups -OCH3 is 1. The van der Waals surface area contributed by atoms with Gasteiger partial charge in [0, 0.05) is 15.7 Å².